The molecule has 0 aliphatic rings. The van der Waals surface area contributed by atoms with Crippen molar-refractivity contribution in [1.82, 2.24) is 0 Å². The molecule has 0 saturated heterocycles. The Morgan fingerprint density at radius 2 is 1.75 bits per heavy atom. The summed E-state index contributed by atoms with van der Waals surface area (Å²) in [5.41, 5.74) is -0.294. The van der Waals surface area contributed by atoms with Gasteiger partial charge in [0.25, 0.3) is 10.9 Å². The molecule has 2 aromatic carbocycles. The van der Waals surface area contributed by atoms with Gasteiger partial charge in [-0.1, -0.05) is 30.3 Å². The van der Waals surface area contributed by atoms with Gasteiger partial charge < -0.3 is 10.0 Å². The van der Waals surface area contributed by atoms with E-state index in [1.54, 1.807) is 11.9 Å². The smallest absolute Gasteiger partial charge is 0.271 e. The summed E-state index contributed by atoms with van der Waals surface area (Å²) in [4.78, 5) is 23.6. The second-order valence-electron chi connectivity index (χ2n) is 3.70. The van der Waals surface area contributed by atoms with Crippen molar-refractivity contribution in [3.8, 4) is 5.75 Å². The number of aromatic hydroxyl groups is 1. The van der Waals surface area contributed by atoms with Gasteiger partial charge in [-0.2, -0.15) is 0 Å². The van der Waals surface area contributed by atoms with Gasteiger partial charge in [0.05, 0.1) is 0 Å². The molecular formula is C12H11NO3. The first kappa shape index (κ1) is 10.4. The van der Waals surface area contributed by atoms with Crippen LogP contribution in [0.1, 0.15) is 5.56 Å². The van der Waals surface area contributed by atoms with Crippen LogP contribution in [0.4, 0.5) is 5.69 Å². The van der Waals surface area contributed by atoms with Gasteiger partial charge in [0.15, 0.2) is 5.75 Å². The minimum atomic E-state index is -0.796. The molecule has 0 fully saturated rings. The van der Waals surface area contributed by atoms with Crippen LogP contribution in [0.25, 0.3) is 0 Å². The van der Waals surface area contributed by atoms with Crippen LogP contribution >= 0.6 is 0 Å². The minimum Gasteiger partial charge on any atom is -0.502 e. The summed E-state index contributed by atoms with van der Waals surface area (Å²) in [5, 5.41) is 9.26. The van der Waals surface area contributed by atoms with Gasteiger partial charge in [-0.05, 0) is 5.56 Å². The van der Waals surface area contributed by atoms with Crippen molar-refractivity contribution in [2.45, 2.75) is 6.54 Å². The molecule has 0 saturated carbocycles. The van der Waals surface area contributed by atoms with E-state index in [0.29, 0.717) is 6.54 Å². The minimum absolute atomic E-state index is 0.105. The summed E-state index contributed by atoms with van der Waals surface area (Å²) in [6.45, 7) is 0.485. The molecule has 0 unspecified atom stereocenters. The van der Waals surface area contributed by atoms with Crippen molar-refractivity contribution in [2.24, 2.45) is 0 Å². The molecule has 0 spiro atoms. The third kappa shape index (κ3) is 1.58. The molecule has 0 bridgehead atoms. The molecule has 82 valence electrons. The molecule has 4 heteroatoms. The lowest BCUT2D eigenvalue weighted by Gasteiger charge is -2.20. The van der Waals surface area contributed by atoms with E-state index in [9.17, 15) is 14.7 Å². The third-order valence-electron chi connectivity index (χ3n) is 2.50. The van der Waals surface area contributed by atoms with Gasteiger partial charge in [-0.25, -0.2) is 0 Å². The van der Waals surface area contributed by atoms with E-state index in [-0.39, 0.29) is 5.69 Å². The Morgan fingerprint density at radius 1 is 1.12 bits per heavy atom. The molecule has 2 rings (SSSR count). The van der Waals surface area contributed by atoms with Crippen LogP contribution in [-0.4, -0.2) is 12.2 Å². The number of rotatable bonds is 3. The summed E-state index contributed by atoms with van der Waals surface area (Å²) >= 11 is 0. The predicted octanol–water partition coefficient (Wildman–Crippen LogP) is 0.625. The average molecular weight is 217 g/mol. The maximum Gasteiger partial charge on any atom is 0.271 e. The lowest BCUT2D eigenvalue weighted by molar-refractivity contribution is 0.462. The monoisotopic (exact) mass is 217 g/mol. The van der Waals surface area contributed by atoms with Crippen LogP contribution in [0.5, 0.6) is 5.75 Å². The number of benzene rings is 1. The summed E-state index contributed by atoms with van der Waals surface area (Å²) in [6, 6.07) is 9.52. The van der Waals surface area contributed by atoms with E-state index >= 15 is 0 Å². The zero-order valence-corrected chi connectivity index (χ0v) is 8.80. The molecular weight excluding hydrogens is 206 g/mol. The van der Waals surface area contributed by atoms with Gasteiger partial charge >= 0.3 is 0 Å². The second-order valence-corrected chi connectivity index (χ2v) is 3.70. The van der Waals surface area contributed by atoms with Crippen LogP contribution in [0.2, 0.25) is 0 Å². The number of nitrogens with zero attached hydrogens (tertiary/aromatic N) is 1. The highest BCUT2D eigenvalue weighted by atomic mass is 16.3. The van der Waals surface area contributed by atoms with E-state index in [0.717, 1.165) is 5.56 Å². The highest BCUT2D eigenvalue weighted by Gasteiger charge is 2.23. The third-order valence-corrected chi connectivity index (χ3v) is 2.50. The Balaban J connectivity index is 2.20. The molecule has 0 heterocycles. The van der Waals surface area contributed by atoms with Gasteiger partial charge in [-0.3, -0.25) is 9.59 Å². The van der Waals surface area contributed by atoms with Crippen LogP contribution in [0.15, 0.2) is 39.9 Å². The van der Waals surface area contributed by atoms with Gasteiger partial charge in [0, 0.05) is 13.6 Å². The van der Waals surface area contributed by atoms with Crippen molar-refractivity contribution >= 4 is 5.69 Å². The fourth-order valence-electron chi connectivity index (χ4n) is 1.66. The normalized spacial score (nSPS) is 10.6. The highest BCUT2D eigenvalue weighted by Crippen LogP contribution is 2.20. The molecule has 0 atom stereocenters. The predicted molar refractivity (Wildman–Crippen MR) is 61.6 cm³/mol. The van der Waals surface area contributed by atoms with Crippen molar-refractivity contribution in [3.63, 3.8) is 0 Å². The van der Waals surface area contributed by atoms with Crippen molar-refractivity contribution in [3.05, 3.63) is 56.3 Å². The van der Waals surface area contributed by atoms with Crippen molar-refractivity contribution < 1.29 is 5.11 Å². The van der Waals surface area contributed by atoms with Crippen LogP contribution in [0.3, 0.4) is 0 Å². The molecule has 0 aliphatic carbocycles. The first-order chi connectivity index (χ1) is 7.61. The van der Waals surface area contributed by atoms with Crippen LogP contribution in [0, 0.1) is 0 Å². The largest absolute Gasteiger partial charge is 0.502 e. The number of anilines is 1. The fourth-order valence-corrected chi connectivity index (χ4v) is 1.66. The molecule has 0 radical (unpaired) electrons. The Hall–Kier alpha value is -2.10. The quantitative estimate of drug-likeness (QED) is 0.766. The van der Waals surface area contributed by atoms with Crippen LogP contribution in [-0.2, 0) is 6.54 Å². The van der Waals surface area contributed by atoms with Gasteiger partial charge in [0.2, 0.25) is 0 Å². The SMILES string of the molecule is CN(Cc1ccccc1)c1c(O)c(=O)c1=O. The molecule has 4 nitrogen and oxygen atoms in total. The maximum atomic E-state index is 11.2. The molecule has 16 heavy (non-hydrogen) atoms. The maximum absolute atomic E-state index is 11.2. The molecule has 1 N–H and O–H groups in total. The van der Waals surface area contributed by atoms with Crippen molar-refractivity contribution in [2.75, 3.05) is 11.9 Å². The van der Waals surface area contributed by atoms with E-state index in [1.165, 1.54) is 0 Å². The summed E-state index contributed by atoms with van der Waals surface area (Å²) in [7, 11) is 1.67. The fraction of sp³-hybridized carbons (Fsp3) is 0.167. The topological polar surface area (TPSA) is 57.6 Å². The molecule has 0 amide bonds. The summed E-state index contributed by atoms with van der Waals surface area (Å²) in [6.07, 6.45) is 0. The zero-order chi connectivity index (χ0) is 11.7. The van der Waals surface area contributed by atoms with E-state index < -0.39 is 16.6 Å². The van der Waals surface area contributed by atoms with Gasteiger partial charge in [0.1, 0.15) is 5.69 Å². The van der Waals surface area contributed by atoms with Gasteiger partial charge in [-0.15, -0.1) is 0 Å². The number of hydrogen-bond donors (Lipinski definition) is 1. The van der Waals surface area contributed by atoms with E-state index in [1.807, 2.05) is 30.3 Å². The summed E-state index contributed by atoms with van der Waals surface area (Å²) < 4.78 is 0. The Kier molecular flexibility index (Phi) is 2.48. The molecule has 0 aliphatic heterocycles. The second kappa shape index (κ2) is 3.81. The lowest BCUT2D eigenvalue weighted by atomic mass is 10.1. The highest BCUT2D eigenvalue weighted by molar-refractivity contribution is 5.62. The Labute approximate surface area is 92.1 Å². The Bertz CT molecular complexity index is 567. The molecule has 2 aromatic rings. The first-order valence-electron chi connectivity index (χ1n) is 4.88. The number of hydrogen-bond acceptors (Lipinski definition) is 4. The van der Waals surface area contributed by atoms with E-state index in [2.05, 4.69) is 0 Å². The standard InChI is InChI=1S/C12H11NO3/c1-13(7-8-5-3-2-4-6-8)9-10(14)12(16)11(9)15/h2-6,14H,7H2,1H3. The van der Waals surface area contributed by atoms with E-state index in [4.69, 9.17) is 0 Å². The Morgan fingerprint density at radius 3 is 2.31 bits per heavy atom. The van der Waals surface area contributed by atoms with Crippen LogP contribution < -0.4 is 15.8 Å². The molecule has 0 aromatic heterocycles. The zero-order valence-electron chi connectivity index (χ0n) is 8.80. The summed E-state index contributed by atoms with van der Waals surface area (Å²) in [5.74, 6) is -0.427. The first-order valence-corrected chi connectivity index (χ1v) is 4.88. The average Bonchev–Trinajstić information content (AvgIpc) is 2.30. The van der Waals surface area contributed by atoms with Crippen molar-refractivity contribution in [1.29, 1.82) is 0 Å². The lowest BCUT2D eigenvalue weighted by Crippen LogP contribution is -2.37.